The number of nitriles is 2. The summed E-state index contributed by atoms with van der Waals surface area (Å²) >= 11 is 5.80. The topological polar surface area (TPSA) is 56.8 Å². The molecular weight excluding hydrogens is 303 g/mol. The minimum absolute atomic E-state index is 0.0806. The monoisotopic (exact) mass is 312 g/mol. The lowest BCUT2D eigenvalue weighted by Crippen LogP contribution is -1.97. The molecule has 5 heteroatoms. The van der Waals surface area contributed by atoms with Crippen molar-refractivity contribution in [1.82, 2.24) is 0 Å². The third-order valence-electron chi connectivity index (χ3n) is 2.82. The predicted molar refractivity (Wildman–Crippen MR) is 81.4 cm³/mol. The second-order valence-corrected chi connectivity index (χ2v) is 4.82. The molecule has 22 heavy (non-hydrogen) atoms. The van der Waals surface area contributed by atoms with Crippen LogP contribution in [0.25, 0.3) is 6.08 Å². The van der Waals surface area contributed by atoms with Crippen molar-refractivity contribution in [3.8, 4) is 17.9 Å². The molecule has 0 unspecified atom stereocenters. The maximum Gasteiger partial charge on any atom is 0.130 e. The number of ether oxygens (including phenoxy) is 1. The molecule has 2 aromatic carbocycles. The molecule has 0 aliphatic carbocycles. The SMILES string of the molecule is N#CC(C#N)=Cc1ccc(F)cc1OCc1ccc(Cl)cc1. The molecule has 0 aromatic heterocycles. The number of benzene rings is 2. The van der Waals surface area contributed by atoms with Crippen molar-refractivity contribution in [2.45, 2.75) is 6.61 Å². The van der Waals surface area contributed by atoms with Gasteiger partial charge in [0.2, 0.25) is 0 Å². The first-order valence-corrected chi connectivity index (χ1v) is 6.69. The Kier molecular flexibility index (Phi) is 5.14. The number of nitrogens with zero attached hydrogens (tertiary/aromatic N) is 2. The number of rotatable bonds is 4. The summed E-state index contributed by atoms with van der Waals surface area (Å²) in [5.41, 5.74) is 1.25. The van der Waals surface area contributed by atoms with Crippen molar-refractivity contribution in [3.05, 3.63) is 70.0 Å². The fourth-order valence-corrected chi connectivity index (χ4v) is 1.87. The molecule has 0 saturated heterocycles. The van der Waals surface area contributed by atoms with Crippen molar-refractivity contribution >= 4 is 17.7 Å². The summed E-state index contributed by atoms with van der Waals surface area (Å²) in [5, 5.41) is 18.2. The van der Waals surface area contributed by atoms with E-state index in [0.29, 0.717) is 10.6 Å². The van der Waals surface area contributed by atoms with Gasteiger partial charge in [-0.25, -0.2) is 4.39 Å². The van der Waals surface area contributed by atoms with Gasteiger partial charge in [-0.1, -0.05) is 23.7 Å². The Hall–Kier alpha value is -2.82. The van der Waals surface area contributed by atoms with Crippen LogP contribution >= 0.6 is 11.6 Å². The van der Waals surface area contributed by atoms with Crippen LogP contribution in [-0.2, 0) is 6.61 Å². The molecule has 2 aromatic rings. The van der Waals surface area contributed by atoms with Gasteiger partial charge in [0.15, 0.2) is 0 Å². The summed E-state index contributed by atoms with van der Waals surface area (Å²) in [6.07, 6.45) is 1.36. The molecule has 0 fully saturated rings. The molecule has 0 aliphatic heterocycles. The quantitative estimate of drug-likeness (QED) is 0.782. The molecule has 108 valence electrons. The molecule has 0 bridgehead atoms. The van der Waals surface area contributed by atoms with Crippen LogP contribution in [0.3, 0.4) is 0 Å². The summed E-state index contributed by atoms with van der Waals surface area (Å²) < 4.78 is 19.0. The maximum absolute atomic E-state index is 13.4. The van der Waals surface area contributed by atoms with E-state index in [2.05, 4.69) is 0 Å². The summed E-state index contributed by atoms with van der Waals surface area (Å²) in [6, 6.07) is 14.5. The van der Waals surface area contributed by atoms with Crippen LogP contribution in [0.15, 0.2) is 48.0 Å². The predicted octanol–water partition coefficient (Wildman–Crippen LogP) is 4.49. The van der Waals surface area contributed by atoms with E-state index in [1.165, 1.54) is 24.3 Å². The number of halogens is 2. The van der Waals surface area contributed by atoms with Gasteiger partial charge in [-0.2, -0.15) is 10.5 Å². The van der Waals surface area contributed by atoms with E-state index in [4.69, 9.17) is 26.9 Å². The lowest BCUT2D eigenvalue weighted by Gasteiger charge is -2.10. The minimum atomic E-state index is -0.460. The van der Waals surface area contributed by atoms with Gasteiger partial charge < -0.3 is 4.74 Å². The van der Waals surface area contributed by atoms with Crippen LogP contribution in [0.2, 0.25) is 5.02 Å². The fourth-order valence-electron chi connectivity index (χ4n) is 1.74. The van der Waals surface area contributed by atoms with Crippen molar-refractivity contribution in [2.24, 2.45) is 0 Å². The molecule has 0 heterocycles. The molecule has 2 rings (SSSR count). The summed E-state index contributed by atoms with van der Waals surface area (Å²) in [6.45, 7) is 0.218. The summed E-state index contributed by atoms with van der Waals surface area (Å²) in [7, 11) is 0. The lowest BCUT2D eigenvalue weighted by atomic mass is 10.1. The van der Waals surface area contributed by atoms with Crippen molar-refractivity contribution in [1.29, 1.82) is 10.5 Å². The first kappa shape index (κ1) is 15.6. The molecule has 0 atom stereocenters. The van der Waals surface area contributed by atoms with Gasteiger partial charge in [0.25, 0.3) is 0 Å². The van der Waals surface area contributed by atoms with Gasteiger partial charge in [0.05, 0.1) is 0 Å². The second-order valence-electron chi connectivity index (χ2n) is 4.38. The van der Waals surface area contributed by atoms with Crippen molar-refractivity contribution in [2.75, 3.05) is 0 Å². The molecule has 0 saturated carbocycles. The molecule has 0 spiro atoms. The van der Waals surface area contributed by atoms with Crippen molar-refractivity contribution in [3.63, 3.8) is 0 Å². The highest BCUT2D eigenvalue weighted by atomic mass is 35.5. The van der Waals surface area contributed by atoms with Crippen LogP contribution in [0.5, 0.6) is 5.75 Å². The molecular formula is C17H10ClFN2O. The van der Waals surface area contributed by atoms with Crippen LogP contribution in [0.4, 0.5) is 4.39 Å². The van der Waals surface area contributed by atoms with Crippen LogP contribution < -0.4 is 4.74 Å². The average molecular weight is 313 g/mol. The van der Waals surface area contributed by atoms with E-state index in [-0.39, 0.29) is 17.9 Å². The fraction of sp³-hybridized carbons (Fsp3) is 0.0588. The zero-order valence-electron chi connectivity index (χ0n) is 11.4. The Bertz CT molecular complexity index is 770. The van der Waals surface area contributed by atoms with E-state index in [9.17, 15) is 4.39 Å². The molecule has 0 amide bonds. The lowest BCUT2D eigenvalue weighted by molar-refractivity contribution is 0.304. The summed E-state index contributed by atoms with van der Waals surface area (Å²) in [5.74, 6) is -0.198. The van der Waals surface area contributed by atoms with Gasteiger partial charge in [0, 0.05) is 16.7 Å². The number of hydrogen-bond donors (Lipinski definition) is 0. The molecule has 0 N–H and O–H groups in total. The smallest absolute Gasteiger partial charge is 0.130 e. The van der Waals surface area contributed by atoms with E-state index < -0.39 is 5.82 Å². The first-order chi connectivity index (χ1) is 10.6. The third-order valence-corrected chi connectivity index (χ3v) is 3.08. The zero-order valence-corrected chi connectivity index (χ0v) is 12.1. The Labute approximate surface area is 132 Å². The van der Waals surface area contributed by atoms with Crippen LogP contribution in [0.1, 0.15) is 11.1 Å². The Balaban J connectivity index is 2.25. The van der Waals surface area contributed by atoms with Crippen LogP contribution in [-0.4, -0.2) is 0 Å². The highest BCUT2D eigenvalue weighted by molar-refractivity contribution is 6.30. The van der Waals surface area contributed by atoms with Gasteiger partial charge in [-0.15, -0.1) is 0 Å². The largest absolute Gasteiger partial charge is 0.488 e. The zero-order chi connectivity index (χ0) is 15.9. The molecule has 0 aliphatic rings. The minimum Gasteiger partial charge on any atom is -0.488 e. The number of allylic oxidation sites excluding steroid dienone is 1. The second kappa shape index (κ2) is 7.26. The average Bonchev–Trinajstić information content (AvgIpc) is 2.53. The Morgan fingerprint density at radius 3 is 2.45 bits per heavy atom. The highest BCUT2D eigenvalue weighted by Crippen LogP contribution is 2.24. The Morgan fingerprint density at radius 2 is 1.82 bits per heavy atom. The van der Waals surface area contributed by atoms with E-state index in [1.807, 2.05) is 0 Å². The standard InChI is InChI=1S/C17H10ClFN2O/c18-15-4-1-12(2-5-15)11-22-17-8-16(19)6-3-14(17)7-13(9-20)10-21/h1-8H,11H2. The van der Waals surface area contributed by atoms with Gasteiger partial charge in [0.1, 0.15) is 35.9 Å². The van der Waals surface area contributed by atoms with Gasteiger partial charge in [-0.3, -0.25) is 0 Å². The normalized spacial score (nSPS) is 9.45. The van der Waals surface area contributed by atoms with E-state index >= 15 is 0 Å². The number of hydrogen-bond acceptors (Lipinski definition) is 3. The maximum atomic E-state index is 13.4. The third kappa shape index (κ3) is 4.09. The summed E-state index contributed by atoms with van der Waals surface area (Å²) in [4.78, 5) is 0. The van der Waals surface area contributed by atoms with E-state index in [0.717, 1.165) is 5.56 Å². The van der Waals surface area contributed by atoms with E-state index in [1.54, 1.807) is 36.4 Å². The van der Waals surface area contributed by atoms with Crippen molar-refractivity contribution < 1.29 is 9.13 Å². The van der Waals surface area contributed by atoms with Crippen LogP contribution in [0, 0.1) is 28.5 Å². The molecule has 0 radical (unpaired) electrons. The van der Waals surface area contributed by atoms with Gasteiger partial charge >= 0.3 is 0 Å². The van der Waals surface area contributed by atoms with Gasteiger partial charge in [-0.05, 0) is 35.9 Å². The molecule has 3 nitrogen and oxygen atoms in total. The Morgan fingerprint density at radius 1 is 1.14 bits per heavy atom. The first-order valence-electron chi connectivity index (χ1n) is 6.31. The highest BCUT2D eigenvalue weighted by Gasteiger charge is 2.06.